The van der Waals surface area contributed by atoms with E-state index in [2.05, 4.69) is 19.6 Å². The van der Waals surface area contributed by atoms with E-state index in [1.165, 1.54) is 0 Å². The molecule has 0 aliphatic rings. The second-order valence-corrected chi connectivity index (χ2v) is 2.03. The molecule has 0 aromatic carbocycles. The molecule has 1 heteroatoms. The molecule has 0 saturated carbocycles. The van der Waals surface area contributed by atoms with Gasteiger partial charge in [0.2, 0.25) is 0 Å². The van der Waals surface area contributed by atoms with Crippen molar-refractivity contribution in [2.24, 2.45) is 5.73 Å². The Hall–Kier alpha value is -0.820. The first-order valence-electron chi connectivity index (χ1n) is 3.52. The first kappa shape index (κ1) is 9.18. The van der Waals surface area contributed by atoms with Crippen molar-refractivity contribution in [3.8, 4) is 0 Å². The Labute approximate surface area is 62.9 Å². The molecule has 1 atom stereocenters. The Morgan fingerprint density at radius 3 is 2.70 bits per heavy atom. The van der Waals surface area contributed by atoms with E-state index in [1.54, 1.807) is 6.08 Å². The van der Waals surface area contributed by atoms with Crippen molar-refractivity contribution in [1.29, 1.82) is 0 Å². The first-order valence-corrected chi connectivity index (χ1v) is 3.52. The molecule has 0 fully saturated rings. The molecule has 0 heterocycles. The van der Waals surface area contributed by atoms with Gasteiger partial charge in [-0.05, 0) is 6.42 Å². The summed E-state index contributed by atoms with van der Waals surface area (Å²) in [6, 6.07) is -0.0125. The Balaban J connectivity index is 3.54. The summed E-state index contributed by atoms with van der Waals surface area (Å²) in [7, 11) is 0. The fourth-order valence-corrected chi connectivity index (χ4v) is 0.486. The van der Waals surface area contributed by atoms with Gasteiger partial charge in [-0.2, -0.15) is 0 Å². The molecule has 0 aromatic rings. The highest BCUT2D eigenvalue weighted by molar-refractivity contribution is 5.09. The lowest BCUT2D eigenvalue weighted by atomic mass is 10.3. The van der Waals surface area contributed by atoms with Crippen molar-refractivity contribution in [3.63, 3.8) is 0 Å². The maximum absolute atomic E-state index is 5.52. The van der Waals surface area contributed by atoms with Crippen molar-refractivity contribution in [2.45, 2.75) is 19.4 Å². The lowest BCUT2D eigenvalue weighted by Gasteiger charge is -1.92. The maximum Gasteiger partial charge on any atom is 0.0410 e. The summed E-state index contributed by atoms with van der Waals surface area (Å²) in [4.78, 5) is 0. The van der Waals surface area contributed by atoms with E-state index >= 15 is 0 Å². The molecule has 2 N–H and O–H groups in total. The highest BCUT2D eigenvalue weighted by atomic mass is 14.6. The zero-order chi connectivity index (χ0) is 7.82. The van der Waals surface area contributed by atoms with Gasteiger partial charge in [-0.25, -0.2) is 0 Å². The standard InChI is InChI=1S/C9H15N/c1-3-5-6-7-8-9(10)4-2/h4-9H,2-3,10H2,1H3/b6-5-,8-7-. The summed E-state index contributed by atoms with van der Waals surface area (Å²) in [6.45, 7) is 5.65. The van der Waals surface area contributed by atoms with Crippen molar-refractivity contribution in [3.05, 3.63) is 37.0 Å². The Morgan fingerprint density at radius 1 is 1.50 bits per heavy atom. The van der Waals surface area contributed by atoms with Crippen molar-refractivity contribution < 1.29 is 0 Å². The van der Waals surface area contributed by atoms with Crippen molar-refractivity contribution in [1.82, 2.24) is 0 Å². The number of nitrogens with two attached hydrogens (primary N) is 1. The van der Waals surface area contributed by atoms with E-state index in [-0.39, 0.29) is 6.04 Å². The molecule has 0 amide bonds. The van der Waals surface area contributed by atoms with Gasteiger partial charge in [-0.15, -0.1) is 6.58 Å². The van der Waals surface area contributed by atoms with Crippen LogP contribution in [0, 0.1) is 0 Å². The number of rotatable bonds is 4. The highest BCUT2D eigenvalue weighted by Gasteiger charge is 1.82. The molecule has 0 radical (unpaired) electrons. The largest absolute Gasteiger partial charge is 0.321 e. The Morgan fingerprint density at radius 2 is 2.20 bits per heavy atom. The molecule has 56 valence electrons. The van der Waals surface area contributed by atoms with Crippen LogP contribution in [0.4, 0.5) is 0 Å². The predicted molar refractivity (Wildman–Crippen MR) is 46.7 cm³/mol. The molecule has 0 aliphatic carbocycles. The zero-order valence-electron chi connectivity index (χ0n) is 6.46. The van der Waals surface area contributed by atoms with Crippen molar-refractivity contribution in [2.75, 3.05) is 0 Å². The zero-order valence-corrected chi connectivity index (χ0v) is 6.46. The van der Waals surface area contributed by atoms with Crippen molar-refractivity contribution >= 4 is 0 Å². The molecule has 0 aromatic heterocycles. The van der Waals surface area contributed by atoms with Gasteiger partial charge in [0.05, 0.1) is 0 Å². The Bertz CT molecular complexity index is 134. The van der Waals surface area contributed by atoms with Gasteiger partial charge < -0.3 is 5.73 Å². The van der Waals surface area contributed by atoms with E-state index in [1.807, 2.05) is 18.2 Å². The molecule has 0 bridgehead atoms. The summed E-state index contributed by atoms with van der Waals surface area (Å²) in [6.07, 6.45) is 10.7. The van der Waals surface area contributed by atoms with Crippen LogP contribution in [0.25, 0.3) is 0 Å². The van der Waals surface area contributed by atoms with Gasteiger partial charge in [-0.1, -0.05) is 37.3 Å². The third kappa shape index (κ3) is 5.32. The molecule has 10 heavy (non-hydrogen) atoms. The van der Waals surface area contributed by atoms with E-state index in [9.17, 15) is 0 Å². The van der Waals surface area contributed by atoms with E-state index in [4.69, 9.17) is 5.73 Å². The summed E-state index contributed by atoms with van der Waals surface area (Å²) in [5.74, 6) is 0. The smallest absolute Gasteiger partial charge is 0.0410 e. The maximum atomic E-state index is 5.52. The average Bonchev–Trinajstić information content (AvgIpc) is 1.98. The number of hydrogen-bond donors (Lipinski definition) is 1. The minimum Gasteiger partial charge on any atom is -0.321 e. The summed E-state index contributed by atoms with van der Waals surface area (Å²) in [5, 5.41) is 0. The molecule has 1 nitrogen and oxygen atoms in total. The van der Waals surface area contributed by atoms with Gasteiger partial charge in [0.25, 0.3) is 0 Å². The summed E-state index contributed by atoms with van der Waals surface area (Å²) in [5.41, 5.74) is 5.52. The second-order valence-electron chi connectivity index (χ2n) is 2.03. The summed E-state index contributed by atoms with van der Waals surface area (Å²) >= 11 is 0. The van der Waals surface area contributed by atoms with Gasteiger partial charge >= 0.3 is 0 Å². The van der Waals surface area contributed by atoms with E-state index in [0.29, 0.717) is 0 Å². The SMILES string of the molecule is C=CC(N)/C=C\C=C/CC. The van der Waals surface area contributed by atoms with Crippen LogP contribution in [0.2, 0.25) is 0 Å². The molecular formula is C9H15N. The topological polar surface area (TPSA) is 26.0 Å². The fourth-order valence-electron chi connectivity index (χ4n) is 0.486. The quantitative estimate of drug-likeness (QED) is 0.465. The normalized spacial score (nSPS) is 14.6. The molecule has 1 unspecified atom stereocenters. The highest BCUT2D eigenvalue weighted by Crippen LogP contribution is 1.85. The van der Waals surface area contributed by atoms with Crippen LogP contribution in [0.15, 0.2) is 37.0 Å². The third-order valence-electron chi connectivity index (χ3n) is 1.09. The van der Waals surface area contributed by atoms with Crippen LogP contribution in [0.3, 0.4) is 0 Å². The monoisotopic (exact) mass is 137 g/mol. The fraction of sp³-hybridized carbons (Fsp3) is 0.333. The van der Waals surface area contributed by atoms with Gasteiger partial charge in [-0.3, -0.25) is 0 Å². The first-order chi connectivity index (χ1) is 4.81. The van der Waals surface area contributed by atoms with Crippen LogP contribution in [-0.4, -0.2) is 6.04 Å². The molecule has 0 rings (SSSR count). The predicted octanol–water partition coefficient (Wildman–Crippen LogP) is 2.02. The minimum absolute atomic E-state index is 0.0125. The lowest BCUT2D eigenvalue weighted by molar-refractivity contribution is 1.03. The molecule has 0 aliphatic heterocycles. The van der Waals surface area contributed by atoms with Crippen LogP contribution in [0.1, 0.15) is 13.3 Å². The van der Waals surface area contributed by atoms with Crippen LogP contribution in [-0.2, 0) is 0 Å². The number of hydrogen-bond acceptors (Lipinski definition) is 1. The van der Waals surface area contributed by atoms with Gasteiger partial charge in [0, 0.05) is 6.04 Å². The number of allylic oxidation sites excluding steroid dienone is 3. The van der Waals surface area contributed by atoms with Crippen LogP contribution >= 0.6 is 0 Å². The lowest BCUT2D eigenvalue weighted by Crippen LogP contribution is -2.11. The summed E-state index contributed by atoms with van der Waals surface area (Å²) < 4.78 is 0. The van der Waals surface area contributed by atoms with Gasteiger partial charge in [0.1, 0.15) is 0 Å². The molecular weight excluding hydrogens is 122 g/mol. The third-order valence-corrected chi connectivity index (χ3v) is 1.09. The second kappa shape index (κ2) is 6.30. The minimum atomic E-state index is -0.0125. The van der Waals surface area contributed by atoms with E-state index < -0.39 is 0 Å². The molecule has 0 saturated heterocycles. The van der Waals surface area contributed by atoms with Gasteiger partial charge in [0.15, 0.2) is 0 Å². The van der Waals surface area contributed by atoms with E-state index in [0.717, 1.165) is 6.42 Å². The van der Waals surface area contributed by atoms with Crippen LogP contribution < -0.4 is 5.73 Å². The van der Waals surface area contributed by atoms with Crippen LogP contribution in [0.5, 0.6) is 0 Å². The average molecular weight is 137 g/mol. The molecule has 0 spiro atoms. The Kier molecular flexibility index (Phi) is 5.79.